The Morgan fingerprint density at radius 3 is 1.46 bits per heavy atom. The van der Waals surface area contributed by atoms with Crippen LogP contribution in [0.15, 0.2) is 231 Å². The molecule has 0 aliphatic heterocycles. The van der Waals surface area contributed by atoms with E-state index >= 15 is 0 Å². The van der Waals surface area contributed by atoms with Crippen molar-refractivity contribution in [1.29, 1.82) is 0 Å². The van der Waals surface area contributed by atoms with Crippen LogP contribution in [0.5, 0.6) is 0 Å². The number of hydrogen-bond donors (Lipinski definition) is 0. The average Bonchev–Trinajstić information content (AvgIpc) is 3.90. The summed E-state index contributed by atoms with van der Waals surface area (Å²) in [5.41, 5.74) is 12.5. The second-order valence-corrected chi connectivity index (χ2v) is 18.2. The summed E-state index contributed by atoms with van der Waals surface area (Å²) in [6.45, 7) is 0. The van der Waals surface area contributed by atoms with Crippen LogP contribution >= 0.6 is 0 Å². The van der Waals surface area contributed by atoms with Gasteiger partial charge in [-0.2, -0.15) is 0 Å². The maximum absolute atomic E-state index is 5.51. The highest BCUT2D eigenvalue weighted by molar-refractivity contribution is 6.16. The molecule has 0 N–H and O–H groups in total. The van der Waals surface area contributed by atoms with Crippen LogP contribution in [0.2, 0.25) is 0 Å². The summed E-state index contributed by atoms with van der Waals surface area (Å²) in [7, 11) is 0. The van der Waals surface area contributed by atoms with Crippen molar-refractivity contribution in [3.63, 3.8) is 0 Å². The van der Waals surface area contributed by atoms with E-state index in [4.69, 9.17) is 9.97 Å². The average molecular weight is 863 g/mol. The minimum absolute atomic E-state index is 0.859. The second-order valence-electron chi connectivity index (χ2n) is 18.2. The number of nitrogens with zero attached hydrogens (tertiary/aromatic N) is 4. The van der Waals surface area contributed by atoms with Crippen molar-refractivity contribution in [1.82, 2.24) is 19.1 Å². The van der Waals surface area contributed by atoms with Gasteiger partial charge >= 0.3 is 0 Å². The Hall–Kier alpha value is -9.12. The number of benzene rings is 12. The first kappa shape index (κ1) is 37.1. The summed E-state index contributed by atoms with van der Waals surface area (Å²) in [6, 6.07) is 84.1. The molecule has 3 heterocycles. The van der Waals surface area contributed by atoms with Crippen molar-refractivity contribution >= 4 is 109 Å². The van der Waals surface area contributed by atoms with E-state index in [1.165, 1.54) is 75.7 Å². The van der Waals surface area contributed by atoms with E-state index in [0.29, 0.717) is 0 Å². The quantitative estimate of drug-likeness (QED) is 0.165. The summed E-state index contributed by atoms with van der Waals surface area (Å²) < 4.78 is 4.88. The lowest BCUT2D eigenvalue weighted by molar-refractivity contribution is 1.18. The lowest BCUT2D eigenvalue weighted by Crippen LogP contribution is -1.99. The second kappa shape index (κ2) is 14.2. The zero-order chi connectivity index (χ0) is 44.5. The third-order valence-electron chi connectivity index (χ3n) is 14.4. The zero-order valence-corrected chi connectivity index (χ0v) is 36.7. The summed E-state index contributed by atoms with van der Waals surface area (Å²) in [6.07, 6.45) is 0. The van der Waals surface area contributed by atoms with Gasteiger partial charge in [0.15, 0.2) is 0 Å². The van der Waals surface area contributed by atoms with Gasteiger partial charge in [-0.15, -0.1) is 0 Å². The van der Waals surface area contributed by atoms with E-state index in [1.807, 2.05) is 12.1 Å². The molecule has 0 fully saturated rings. The van der Waals surface area contributed by atoms with Crippen molar-refractivity contribution in [3.05, 3.63) is 231 Å². The summed E-state index contributed by atoms with van der Waals surface area (Å²) in [5, 5.41) is 16.9. The van der Waals surface area contributed by atoms with Crippen LogP contribution in [0.1, 0.15) is 0 Å². The molecule has 0 aliphatic rings. The van der Waals surface area contributed by atoms with Crippen LogP contribution in [0, 0.1) is 0 Å². The third-order valence-corrected chi connectivity index (χ3v) is 14.4. The standard InChI is InChI=1S/C64H38N4/c1-2-15-42-36-61-54(33-41(42)14-1)51-19-7-11-23-59(51)67(61)47-30-29-43-37-62-55(35-46(43)32-47)52-20-8-12-24-60(52)68(62)48-31-44-16-4-6-18-50(44)56(38-48)64-63(65-57-21-9-10-22-58(57)66-64)45-28-27-40-26-25-39-13-3-5-17-49(39)53(40)34-45/h1-38H. The Labute approximate surface area is 390 Å². The topological polar surface area (TPSA) is 35.6 Å². The smallest absolute Gasteiger partial charge is 0.0980 e. The Balaban J connectivity index is 0.956. The zero-order valence-electron chi connectivity index (χ0n) is 36.7. The Morgan fingerprint density at radius 2 is 0.735 bits per heavy atom. The van der Waals surface area contributed by atoms with Crippen LogP contribution in [0.25, 0.3) is 142 Å². The lowest BCUT2D eigenvalue weighted by atomic mass is 9.95. The molecule has 4 nitrogen and oxygen atoms in total. The van der Waals surface area contributed by atoms with E-state index < -0.39 is 0 Å². The number of hydrogen-bond acceptors (Lipinski definition) is 2. The minimum Gasteiger partial charge on any atom is -0.309 e. The number of fused-ring (bicyclic) bond motifs is 13. The molecule has 314 valence electrons. The SMILES string of the molecule is c1ccc2cc3c(cc2c1)c1ccccc1n3-c1ccc2cc3c(cc2c1)c1ccccc1n3-c1cc(-c2nc3ccccc3nc2-c2ccc3ccc4ccccc4c3c2)c2ccccc2c1. The van der Waals surface area contributed by atoms with Crippen LogP contribution in [0.4, 0.5) is 0 Å². The molecule has 0 amide bonds. The molecular weight excluding hydrogens is 825 g/mol. The molecule has 0 saturated carbocycles. The molecule has 0 unspecified atom stereocenters. The number of rotatable bonds is 4. The summed E-state index contributed by atoms with van der Waals surface area (Å²) in [4.78, 5) is 11.0. The molecule has 15 rings (SSSR count). The van der Waals surface area contributed by atoms with E-state index in [1.54, 1.807) is 0 Å². The van der Waals surface area contributed by atoms with Crippen molar-refractivity contribution in [2.75, 3.05) is 0 Å². The van der Waals surface area contributed by atoms with Gasteiger partial charge in [0.1, 0.15) is 0 Å². The van der Waals surface area contributed by atoms with Gasteiger partial charge in [-0.1, -0.05) is 152 Å². The van der Waals surface area contributed by atoms with Gasteiger partial charge in [-0.3, -0.25) is 0 Å². The van der Waals surface area contributed by atoms with Crippen LogP contribution in [-0.2, 0) is 0 Å². The number of para-hydroxylation sites is 4. The first-order valence-corrected chi connectivity index (χ1v) is 23.3. The molecule has 15 aromatic rings. The lowest BCUT2D eigenvalue weighted by Gasteiger charge is -2.17. The van der Waals surface area contributed by atoms with Crippen LogP contribution in [-0.4, -0.2) is 19.1 Å². The summed E-state index contributed by atoms with van der Waals surface area (Å²) in [5.74, 6) is 0. The first-order valence-electron chi connectivity index (χ1n) is 23.3. The summed E-state index contributed by atoms with van der Waals surface area (Å²) >= 11 is 0. The molecular formula is C64H38N4. The molecule has 0 aliphatic carbocycles. The number of aromatic nitrogens is 4. The van der Waals surface area contributed by atoms with Gasteiger partial charge in [0.2, 0.25) is 0 Å². The van der Waals surface area contributed by atoms with Gasteiger partial charge in [0.25, 0.3) is 0 Å². The molecule has 4 heteroatoms. The Kier molecular flexibility index (Phi) is 7.75. The molecule has 0 saturated heterocycles. The monoisotopic (exact) mass is 862 g/mol. The highest BCUT2D eigenvalue weighted by Gasteiger charge is 2.21. The fourth-order valence-corrected chi connectivity index (χ4v) is 11.2. The maximum Gasteiger partial charge on any atom is 0.0980 e. The minimum atomic E-state index is 0.859. The fourth-order valence-electron chi connectivity index (χ4n) is 11.2. The molecule has 0 atom stereocenters. The highest BCUT2D eigenvalue weighted by Crippen LogP contribution is 2.42. The predicted octanol–water partition coefficient (Wildman–Crippen LogP) is 16.9. The van der Waals surface area contributed by atoms with E-state index in [-0.39, 0.29) is 0 Å². The van der Waals surface area contributed by atoms with E-state index in [9.17, 15) is 0 Å². The van der Waals surface area contributed by atoms with Crippen molar-refractivity contribution in [2.45, 2.75) is 0 Å². The van der Waals surface area contributed by atoms with Crippen molar-refractivity contribution in [3.8, 4) is 33.9 Å². The largest absolute Gasteiger partial charge is 0.309 e. The molecule has 0 radical (unpaired) electrons. The highest BCUT2D eigenvalue weighted by atomic mass is 15.0. The third kappa shape index (κ3) is 5.49. The maximum atomic E-state index is 5.51. The molecule has 0 bridgehead atoms. The Bertz CT molecular complexity index is 4630. The molecule has 12 aromatic carbocycles. The van der Waals surface area contributed by atoms with Crippen LogP contribution in [0.3, 0.4) is 0 Å². The Morgan fingerprint density at radius 1 is 0.250 bits per heavy atom. The van der Waals surface area contributed by atoms with E-state index in [0.717, 1.165) is 66.7 Å². The van der Waals surface area contributed by atoms with Gasteiger partial charge in [0, 0.05) is 44.0 Å². The van der Waals surface area contributed by atoms with E-state index in [2.05, 4.69) is 228 Å². The molecule has 0 spiro atoms. The van der Waals surface area contributed by atoms with Crippen molar-refractivity contribution in [2.24, 2.45) is 0 Å². The molecule has 68 heavy (non-hydrogen) atoms. The van der Waals surface area contributed by atoms with Crippen molar-refractivity contribution < 1.29 is 0 Å². The van der Waals surface area contributed by atoms with Gasteiger partial charge in [0.05, 0.1) is 44.5 Å². The van der Waals surface area contributed by atoms with Gasteiger partial charge in [-0.05, 0) is 133 Å². The molecule has 3 aromatic heterocycles. The first-order chi connectivity index (χ1) is 33.7. The van der Waals surface area contributed by atoms with Crippen LogP contribution < -0.4 is 0 Å². The fraction of sp³-hybridized carbons (Fsp3) is 0. The van der Waals surface area contributed by atoms with Gasteiger partial charge in [-0.25, -0.2) is 9.97 Å². The normalized spacial score (nSPS) is 12.1. The predicted molar refractivity (Wildman–Crippen MR) is 287 cm³/mol. The van der Waals surface area contributed by atoms with Gasteiger partial charge < -0.3 is 9.13 Å².